The van der Waals surface area contributed by atoms with Crippen molar-refractivity contribution in [3.63, 3.8) is 0 Å². The quantitative estimate of drug-likeness (QED) is 0.793. The molecule has 0 saturated carbocycles. The lowest BCUT2D eigenvalue weighted by Gasteiger charge is -2.04. The monoisotopic (exact) mass is 226 g/mol. The van der Waals surface area contributed by atoms with Crippen LogP contribution in [0, 0.1) is 0 Å². The Hall–Kier alpha value is -1.36. The van der Waals surface area contributed by atoms with Gasteiger partial charge in [-0.1, -0.05) is 19.0 Å². The van der Waals surface area contributed by atoms with Crippen molar-refractivity contribution < 1.29 is 14.4 Å². The summed E-state index contributed by atoms with van der Waals surface area (Å²) in [5.41, 5.74) is 0.782. The molecule has 0 spiro atoms. The van der Waals surface area contributed by atoms with E-state index >= 15 is 0 Å². The van der Waals surface area contributed by atoms with Crippen LogP contribution in [0.5, 0.6) is 0 Å². The van der Waals surface area contributed by atoms with E-state index in [-0.39, 0.29) is 24.1 Å². The number of aliphatic hydroxyl groups excluding tert-OH is 1. The fourth-order valence-corrected chi connectivity index (χ4v) is 1.16. The topological polar surface area (TPSA) is 75.4 Å². The third-order valence-electron chi connectivity index (χ3n) is 2.43. The van der Waals surface area contributed by atoms with Gasteiger partial charge in [0.2, 0.25) is 5.76 Å². The van der Waals surface area contributed by atoms with Crippen molar-refractivity contribution >= 4 is 5.91 Å². The Morgan fingerprint density at radius 3 is 2.88 bits per heavy atom. The first-order valence-corrected chi connectivity index (χ1v) is 5.47. The molecule has 1 amide bonds. The molecule has 1 rings (SSSR count). The standard InChI is InChI=1S/C11H18N2O3/c1-4-7(2)9-5-10(16-13-9)11(15)12-6-8(3)14/h5,7-8,14H,4,6H2,1-3H3,(H,12,15). The molecule has 1 aromatic rings. The Bertz CT molecular complexity index is 347. The van der Waals surface area contributed by atoms with Crippen molar-refractivity contribution in [2.24, 2.45) is 0 Å². The SMILES string of the molecule is CCC(C)c1cc(C(=O)NCC(C)O)on1. The minimum absolute atomic E-state index is 0.191. The van der Waals surface area contributed by atoms with Gasteiger partial charge in [0.1, 0.15) is 0 Å². The molecule has 2 unspecified atom stereocenters. The summed E-state index contributed by atoms with van der Waals surface area (Å²) in [5.74, 6) is 0.126. The van der Waals surface area contributed by atoms with Gasteiger partial charge in [-0.3, -0.25) is 4.79 Å². The van der Waals surface area contributed by atoms with Gasteiger partial charge >= 0.3 is 0 Å². The van der Waals surface area contributed by atoms with Gasteiger partial charge in [-0.05, 0) is 13.3 Å². The number of amides is 1. The molecule has 0 aliphatic heterocycles. The molecular weight excluding hydrogens is 208 g/mol. The maximum atomic E-state index is 11.5. The zero-order valence-corrected chi connectivity index (χ0v) is 9.86. The summed E-state index contributed by atoms with van der Waals surface area (Å²) in [5, 5.41) is 15.4. The second kappa shape index (κ2) is 5.65. The smallest absolute Gasteiger partial charge is 0.289 e. The summed E-state index contributed by atoms with van der Waals surface area (Å²) < 4.78 is 4.94. The van der Waals surface area contributed by atoms with Crippen LogP contribution < -0.4 is 5.32 Å². The highest BCUT2D eigenvalue weighted by atomic mass is 16.5. The van der Waals surface area contributed by atoms with Gasteiger partial charge in [0.25, 0.3) is 5.91 Å². The van der Waals surface area contributed by atoms with Gasteiger partial charge < -0.3 is 14.9 Å². The van der Waals surface area contributed by atoms with E-state index in [1.165, 1.54) is 0 Å². The van der Waals surface area contributed by atoms with Crippen LogP contribution in [0.25, 0.3) is 0 Å². The van der Waals surface area contributed by atoms with Crippen LogP contribution in [0.15, 0.2) is 10.6 Å². The Labute approximate surface area is 94.8 Å². The first-order chi connectivity index (χ1) is 7.54. The van der Waals surface area contributed by atoms with E-state index in [0.29, 0.717) is 0 Å². The van der Waals surface area contributed by atoms with Crippen molar-refractivity contribution in [2.75, 3.05) is 6.54 Å². The summed E-state index contributed by atoms with van der Waals surface area (Å²) in [4.78, 5) is 11.5. The average molecular weight is 226 g/mol. The highest BCUT2D eigenvalue weighted by Crippen LogP contribution is 2.17. The second-order valence-corrected chi connectivity index (χ2v) is 3.98. The lowest BCUT2D eigenvalue weighted by molar-refractivity contribution is 0.0887. The first kappa shape index (κ1) is 12.7. The summed E-state index contributed by atoms with van der Waals surface area (Å²) in [7, 11) is 0. The number of hydrogen-bond acceptors (Lipinski definition) is 4. The molecule has 90 valence electrons. The zero-order valence-electron chi connectivity index (χ0n) is 9.86. The summed E-state index contributed by atoms with van der Waals surface area (Å²) >= 11 is 0. The molecule has 2 N–H and O–H groups in total. The number of hydrogen-bond donors (Lipinski definition) is 2. The third kappa shape index (κ3) is 3.34. The van der Waals surface area contributed by atoms with Crippen molar-refractivity contribution in [3.05, 3.63) is 17.5 Å². The molecule has 1 aromatic heterocycles. The number of nitrogens with one attached hydrogen (secondary N) is 1. The van der Waals surface area contributed by atoms with Gasteiger partial charge in [0.15, 0.2) is 0 Å². The molecular formula is C11H18N2O3. The lowest BCUT2D eigenvalue weighted by atomic mass is 10.1. The highest BCUT2D eigenvalue weighted by Gasteiger charge is 2.15. The van der Waals surface area contributed by atoms with Crippen LogP contribution in [0.2, 0.25) is 0 Å². The molecule has 0 aliphatic rings. The van der Waals surface area contributed by atoms with Gasteiger partial charge in [-0.25, -0.2) is 0 Å². The molecule has 0 bridgehead atoms. The Morgan fingerprint density at radius 1 is 1.62 bits per heavy atom. The first-order valence-electron chi connectivity index (χ1n) is 5.47. The van der Waals surface area contributed by atoms with Crippen molar-refractivity contribution in [1.29, 1.82) is 0 Å². The summed E-state index contributed by atoms with van der Waals surface area (Å²) in [6.45, 7) is 5.88. The van der Waals surface area contributed by atoms with Gasteiger partial charge in [-0.2, -0.15) is 0 Å². The highest BCUT2D eigenvalue weighted by molar-refractivity contribution is 5.91. The predicted molar refractivity (Wildman–Crippen MR) is 59.2 cm³/mol. The molecule has 0 saturated heterocycles. The minimum Gasteiger partial charge on any atom is -0.392 e. The van der Waals surface area contributed by atoms with Crippen LogP contribution in [0.1, 0.15) is 49.4 Å². The van der Waals surface area contributed by atoms with Crippen molar-refractivity contribution in [2.45, 2.75) is 39.2 Å². The lowest BCUT2D eigenvalue weighted by Crippen LogP contribution is -2.30. The third-order valence-corrected chi connectivity index (χ3v) is 2.43. The van der Waals surface area contributed by atoms with E-state index in [2.05, 4.69) is 10.5 Å². The largest absolute Gasteiger partial charge is 0.392 e. The van der Waals surface area contributed by atoms with Gasteiger partial charge in [-0.15, -0.1) is 0 Å². The van der Waals surface area contributed by atoms with E-state index in [1.54, 1.807) is 13.0 Å². The molecule has 16 heavy (non-hydrogen) atoms. The van der Waals surface area contributed by atoms with Crippen molar-refractivity contribution in [1.82, 2.24) is 10.5 Å². The Kier molecular flexibility index (Phi) is 4.49. The molecule has 5 heteroatoms. The number of carbonyl (C=O) groups excluding carboxylic acids is 1. The summed E-state index contributed by atoms with van der Waals surface area (Å²) in [6.07, 6.45) is 0.377. The molecule has 0 fully saturated rings. The molecule has 0 aromatic carbocycles. The van der Waals surface area contributed by atoms with E-state index in [1.807, 2.05) is 13.8 Å². The number of rotatable bonds is 5. The fraction of sp³-hybridized carbons (Fsp3) is 0.636. The fourth-order valence-electron chi connectivity index (χ4n) is 1.16. The molecule has 1 heterocycles. The van der Waals surface area contributed by atoms with Crippen LogP contribution >= 0.6 is 0 Å². The molecule has 5 nitrogen and oxygen atoms in total. The van der Waals surface area contributed by atoms with E-state index in [0.717, 1.165) is 12.1 Å². The zero-order chi connectivity index (χ0) is 12.1. The molecule has 0 aliphatic carbocycles. The van der Waals surface area contributed by atoms with E-state index < -0.39 is 6.10 Å². The number of carbonyl (C=O) groups is 1. The average Bonchev–Trinajstić information content (AvgIpc) is 2.74. The minimum atomic E-state index is -0.569. The maximum absolute atomic E-state index is 11.5. The number of nitrogens with zero attached hydrogens (tertiary/aromatic N) is 1. The summed E-state index contributed by atoms with van der Waals surface area (Å²) in [6, 6.07) is 1.64. The number of aromatic nitrogens is 1. The van der Waals surface area contributed by atoms with Crippen LogP contribution in [-0.2, 0) is 0 Å². The van der Waals surface area contributed by atoms with Crippen molar-refractivity contribution in [3.8, 4) is 0 Å². The molecule has 0 radical (unpaired) electrons. The Balaban J connectivity index is 2.60. The van der Waals surface area contributed by atoms with Crippen LogP contribution in [0.4, 0.5) is 0 Å². The Morgan fingerprint density at radius 2 is 2.31 bits per heavy atom. The van der Waals surface area contributed by atoms with Gasteiger partial charge in [0.05, 0.1) is 11.8 Å². The second-order valence-electron chi connectivity index (χ2n) is 3.98. The van der Waals surface area contributed by atoms with Crippen LogP contribution in [0.3, 0.4) is 0 Å². The predicted octanol–water partition coefficient (Wildman–Crippen LogP) is 1.30. The maximum Gasteiger partial charge on any atom is 0.289 e. The van der Waals surface area contributed by atoms with Crippen LogP contribution in [-0.4, -0.2) is 28.8 Å². The van der Waals surface area contributed by atoms with Gasteiger partial charge in [0, 0.05) is 18.5 Å². The normalized spacial score (nSPS) is 14.5. The van der Waals surface area contributed by atoms with E-state index in [9.17, 15) is 4.79 Å². The number of aliphatic hydroxyl groups is 1. The van der Waals surface area contributed by atoms with E-state index in [4.69, 9.17) is 9.63 Å². The molecule has 2 atom stereocenters.